The molecule has 0 bridgehead atoms. The molecule has 2 rings (SSSR count). The summed E-state index contributed by atoms with van der Waals surface area (Å²) in [6.07, 6.45) is 1.85. The zero-order valence-corrected chi connectivity index (χ0v) is 13.3. The van der Waals surface area contributed by atoms with E-state index in [1.165, 1.54) is 6.07 Å². The van der Waals surface area contributed by atoms with Gasteiger partial charge in [-0.15, -0.1) is 0 Å². The minimum absolute atomic E-state index is 0. The average molecular weight is 272 g/mol. The Balaban J connectivity index is 0.00000162. The fourth-order valence-corrected chi connectivity index (χ4v) is 2.72. The molecule has 3 nitrogen and oxygen atoms in total. The molecule has 0 amide bonds. The van der Waals surface area contributed by atoms with Crippen LogP contribution in [-0.4, -0.2) is 13.0 Å². The van der Waals surface area contributed by atoms with Gasteiger partial charge in [0.15, 0.2) is 0 Å². The van der Waals surface area contributed by atoms with Crippen molar-refractivity contribution in [2.45, 2.75) is 24.7 Å². The molecule has 0 aliphatic rings. The second kappa shape index (κ2) is 6.17. The fraction of sp³-hybridized carbons (Fsp3) is 0.231. The molecule has 0 saturated heterocycles. The topological polar surface area (TPSA) is 57.2 Å². The summed E-state index contributed by atoms with van der Waals surface area (Å²) in [6, 6.07) is 10.3. The first-order chi connectivity index (χ1) is 8.04. The molecule has 0 radical (unpaired) electrons. The van der Waals surface area contributed by atoms with Crippen molar-refractivity contribution in [3.63, 3.8) is 0 Å². The van der Waals surface area contributed by atoms with Crippen molar-refractivity contribution in [1.82, 2.24) is 0 Å². The maximum atomic E-state index is 11.2. The molecule has 18 heavy (non-hydrogen) atoms. The zero-order chi connectivity index (χ0) is 12.5. The number of rotatable bonds is 3. The smallest absolute Gasteiger partial charge is 0.744 e. The van der Waals surface area contributed by atoms with Gasteiger partial charge in [-0.05, 0) is 28.8 Å². The predicted octanol–water partition coefficient (Wildman–Crippen LogP) is -0.300. The van der Waals surface area contributed by atoms with E-state index in [-0.39, 0.29) is 34.5 Å². The van der Waals surface area contributed by atoms with Gasteiger partial charge in [0.05, 0.1) is 4.90 Å². The van der Waals surface area contributed by atoms with Crippen LogP contribution in [0.2, 0.25) is 0 Å². The van der Waals surface area contributed by atoms with Crippen LogP contribution in [0.25, 0.3) is 10.8 Å². The first-order valence-corrected chi connectivity index (χ1v) is 6.91. The molecule has 0 unspecified atom stereocenters. The minimum Gasteiger partial charge on any atom is -0.744 e. The molecule has 2 aromatic carbocycles. The Kier molecular flexibility index (Phi) is 5.37. The van der Waals surface area contributed by atoms with E-state index in [0.29, 0.717) is 5.39 Å². The van der Waals surface area contributed by atoms with Crippen LogP contribution in [0.4, 0.5) is 0 Å². The molecule has 0 aromatic heterocycles. The number of fused-ring (bicyclic) bond motifs is 1. The Bertz CT molecular complexity index is 650. The van der Waals surface area contributed by atoms with Gasteiger partial charge in [-0.1, -0.05) is 43.7 Å². The maximum Gasteiger partial charge on any atom is 1.00 e. The summed E-state index contributed by atoms with van der Waals surface area (Å²) in [7, 11) is -4.41. The molecule has 0 aliphatic carbocycles. The first-order valence-electron chi connectivity index (χ1n) is 5.50. The van der Waals surface area contributed by atoms with Crippen LogP contribution in [0.1, 0.15) is 18.9 Å². The second-order valence-electron chi connectivity index (χ2n) is 3.97. The van der Waals surface area contributed by atoms with Crippen molar-refractivity contribution < 1.29 is 42.5 Å². The fourth-order valence-electron chi connectivity index (χ4n) is 2.04. The van der Waals surface area contributed by atoms with Crippen LogP contribution >= 0.6 is 0 Å². The molecule has 90 valence electrons. The quantitative estimate of drug-likeness (QED) is 0.569. The Labute approximate surface area is 129 Å². The van der Waals surface area contributed by atoms with Crippen molar-refractivity contribution in [2.24, 2.45) is 0 Å². The second-order valence-corrected chi connectivity index (χ2v) is 5.32. The Morgan fingerprint density at radius 3 is 2.22 bits per heavy atom. The van der Waals surface area contributed by atoms with Crippen LogP contribution in [0.15, 0.2) is 41.3 Å². The third kappa shape index (κ3) is 3.13. The molecule has 0 saturated carbocycles. The van der Waals surface area contributed by atoms with Gasteiger partial charge in [-0.2, -0.15) is 0 Å². The van der Waals surface area contributed by atoms with Gasteiger partial charge in [-0.3, -0.25) is 0 Å². The van der Waals surface area contributed by atoms with Crippen molar-refractivity contribution in [2.75, 3.05) is 0 Å². The summed E-state index contributed by atoms with van der Waals surface area (Å²) in [6.45, 7) is 2.06. The number of aryl methyl sites for hydroxylation is 1. The summed E-state index contributed by atoms with van der Waals surface area (Å²) in [4.78, 5) is -0.132. The van der Waals surface area contributed by atoms with E-state index in [1.54, 1.807) is 18.2 Å². The van der Waals surface area contributed by atoms with Gasteiger partial charge in [0.1, 0.15) is 10.1 Å². The SMILES string of the molecule is CCCc1ccc(S(=O)(=O)[O-])c2ccccc12.[Na+]. The van der Waals surface area contributed by atoms with Crippen LogP contribution in [0.3, 0.4) is 0 Å². The van der Waals surface area contributed by atoms with E-state index in [9.17, 15) is 13.0 Å². The van der Waals surface area contributed by atoms with Gasteiger partial charge in [0.2, 0.25) is 0 Å². The van der Waals surface area contributed by atoms with E-state index in [2.05, 4.69) is 6.92 Å². The number of benzene rings is 2. The third-order valence-corrected chi connectivity index (χ3v) is 3.66. The Hall–Kier alpha value is -0.390. The average Bonchev–Trinajstić information content (AvgIpc) is 2.28. The van der Waals surface area contributed by atoms with E-state index >= 15 is 0 Å². The molecule has 0 aliphatic heterocycles. The minimum atomic E-state index is -4.41. The first kappa shape index (κ1) is 15.7. The zero-order valence-electron chi connectivity index (χ0n) is 10.5. The van der Waals surface area contributed by atoms with Crippen LogP contribution in [0.5, 0.6) is 0 Å². The molecule has 2 aromatic rings. The number of hydrogen-bond donors (Lipinski definition) is 0. The molecule has 0 N–H and O–H groups in total. The molecule has 0 fully saturated rings. The predicted molar refractivity (Wildman–Crippen MR) is 65.9 cm³/mol. The summed E-state index contributed by atoms with van der Waals surface area (Å²) >= 11 is 0. The van der Waals surface area contributed by atoms with Gasteiger partial charge in [0, 0.05) is 0 Å². The van der Waals surface area contributed by atoms with Crippen molar-refractivity contribution >= 4 is 20.9 Å². The largest absolute Gasteiger partial charge is 1.00 e. The van der Waals surface area contributed by atoms with Gasteiger partial charge in [-0.25, -0.2) is 8.42 Å². The summed E-state index contributed by atoms with van der Waals surface area (Å²) in [5, 5.41) is 1.37. The molecule has 0 heterocycles. The van der Waals surface area contributed by atoms with Crippen molar-refractivity contribution in [3.05, 3.63) is 42.0 Å². The Morgan fingerprint density at radius 1 is 1.06 bits per heavy atom. The maximum absolute atomic E-state index is 11.2. The van der Waals surface area contributed by atoms with Gasteiger partial charge in [0.25, 0.3) is 0 Å². The number of hydrogen-bond acceptors (Lipinski definition) is 3. The normalized spacial score (nSPS) is 11.2. The van der Waals surface area contributed by atoms with E-state index in [1.807, 2.05) is 12.1 Å². The van der Waals surface area contributed by atoms with Crippen LogP contribution in [0, 0.1) is 0 Å². The standard InChI is InChI=1S/C13H14O3S.Na/c1-2-5-10-8-9-13(17(14,15)16)12-7-4-3-6-11(10)12;/h3-4,6-9H,2,5H2,1H3,(H,14,15,16);/q;+1/p-1. The van der Waals surface area contributed by atoms with Crippen LogP contribution in [-0.2, 0) is 16.5 Å². The molecular weight excluding hydrogens is 259 g/mol. The molecular formula is C13H13NaO3S. The summed E-state index contributed by atoms with van der Waals surface area (Å²) in [5.41, 5.74) is 1.08. The molecule has 5 heteroatoms. The van der Waals surface area contributed by atoms with Crippen LogP contribution < -0.4 is 29.6 Å². The van der Waals surface area contributed by atoms with E-state index < -0.39 is 10.1 Å². The van der Waals surface area contributed by atoms with E-state index in [0.717, 1.165) is 23.8 Å². The summed E-state index contributed by atoms with van der Waals surface area (Å²) in [5.74, 6) is 0. The van der Waals surface area contributed by atoms with E-state index in [4.69, 9.17) is 0 Å². The van der Waals surface area contributed by atoms with Gasteiger partial charge >= 0.3 is 29.6 Å². The third-order valence-electron chi connectivity index (χ3n) is 2.76. The monoisotopic (exact) mass is 272 g/mol. The molecule has 0 atom stereocenters. The van der Waals surface area contributed by atoms with Crippen molar-refractivity contribution in [3.8, 4) is 0 Å². The van der Waals surface area contributed by atoms with Crippen molar-refractivity contribution in [1.29, 1.82) is 0 Å². The molecule has 0 spiro atoms. The summed E-state index contributed by atoms with van der Waals surface area (Å²) < 4.78 is 33.5. The Morgan fingerprint density at radius 2 is 1.67 bits per heavy atom. The van der Waals surface area contributed by atoms with Gasteiger partial charge < -0.3 is 4.55 Å².